The van der Waals surface area contributed by atoms with Crippen molar-refractivity contribution in [3.63, 3.8) is 0 Å². The predicted molar refractivity (Wildman–Crippen MR) is 129 cm³/mol. The van der Waals surface area contributed by atoms with E-state index in [0.29, 0.717) is 24.3 Å². The van der Waals surface area contributed by atoms with Crippen LogP contribution in [0, 0.1) is 11.3 Å². The molecule has 0 saturated carbocycles. The molecular formula is C28H38O4. The molecule has 2 aromatic rings. The summed E-state index contributed by atoms with van der Waals surface area (Å²) in [6.07, 6.45) is 2.81. The van der Waals surface area contributed by atoms with E-state index >= 15 is 0 Å². The number of aliphatic hydroxyl groups excluding tert-OH is 1. The second kappa shape index (κ2) is 11.2. The Bertz CT molecular complexity index is 849. The van der Waals surface area contributed by atoms with Gasteiger partial charge in [-0.05, 0) is 50.2 Å². The molecule has 0 bridgehead atoms. The van der Waals surface area contributed by atoms with E-state index in [1.807, 2.05) is 19.1 Å². The van der Waals surface area contributed by atoms with Gasteiger partial charge >= 0.3 is 5.97 Å². The summed E-state index contributed by atoms with van der Waals surface area (Å²) in [6.45, 7) is 8.19. The first-order valence-corrected chi connectivity index (χ1v) is 11.3. The first-order chi connectivity index (χ1) is 15.2. The average molecular weight is 439 g/mol. The van der Waals surface area contributed by atoms with Gasteiger partial charge in [-0.1, -0.05) is 80.9 Å². The summed E-state index contributed by atoms with van der Waals surface area (Å²) in [7, 11) is 2.85. The number of esters is 1. The van der Waals surface area contributed by atoms with E-state index in [4.69, 9.17) is 9.47 Å². The van der Waals surface area contributed by atoms with Gasteiger partial charge in [0.2, 0.25) is 0 Å². The fourth-order valence-electron chi connectivity index (χ4n) is 4.89. The third-order valence-electron chi connectivity index (χ3n) is 6.63. The molecule has 0 aromatic heterocycles. The van der Waals surface area contributed by atoms with Crippen molar-refractivity contribution in [2.75, 3.05) is 14.2 Å². The highest BCUT2D eigenvalue weighted by Gasteiger charge is 2.46. The molecule has 0 amide bonds. The zero-order valence-electron chi connectivity index (χ0n) is 20.4. The highest BCUT2D eigenvalue weighted by molar-refractivity contribution is 5.77. The van der Waals surface area contributed by atoms with Gasteiger partial charge < -0.3 is 14.6 Å². The van der Waals surface area contributed by atoms with Crippen molar-refractivity contribution in [3.05, 3.63) is 83.3 Å². The van der Waals surface area contributed by atoms with Crippen LogP contribution in [-0.2, 0) is 19.7 Å². The lowest BCUT2D eigenvalue weighted by Gasteiger charge is -2.43. The minimum Gasteiger partial charge on any atom is -0.481 e. The number of benzene rings is 2. The van der Waals surface area contributed by atoms with Crippen LogP contribution in [0.25, 0.3) is 0 Å². The predicted octanol–water partition coefficient (Wildman–Crippen LogP) is 6.80. The normalized spacial score (nSPS) is 15.3. The molecule has 4 nitrogen and oxygen atoms in total. The molecule has 0 aliphatic heterocycles. The number of allylic oxidation sites excluding steroid dienone is 1. The lowest BCUT2D eigenvalue weighted by atomic mass is 9.60. The number of methoxy groups -OCH3 is 2. The highest BCUT2D eigenvalue weighted by Crippen LogP contribution is 2.49. The molecule has 1 N–H and O–H groups in total. The Kier molecular flexibility index (Phi) is 8.94. The molecule has 2 aromatic carbocycles. The first kappa shape index (κ1) is 25.5. The van der Waals surface area contributed by atoms with Crippen LogP contribution in [0.2, 0.25) is 0 Å². The summed E-state index contributed by atoms with van der Waals surface area (Å²) < 4.78 is 10.3. The van der Waals surface area contributed by atoms with Gasteiger partial charge in [0.1, 0.15) is 0 Å². The van der Waals surface area contributed by atoms with E-state index in [-0.39, 0.29) is 11.9 Å². The molecule has 0 aliphatic carbocycles. The summed E-state index contributed by atoms with van der Waals surface area (Å²) in [4.78, 5) is 13.2. The third-order valence-corrected chi connectivity index (χ3v) is 6.63. The minimum absolute atomic E-state index is 0.146. The van der Waals surface area contributed by atoms with Crippen molar-refractivity contribution in [2.24, 2.45) is 11.3 Å². The fourth-order valence-corrected chi connectivity index (χ4v) is 4.89. The molecule has 2 atom stereocenters. The van der Waals surface area contributed by atoms with Gasteiger partial charge in [0, 0.05) is 11.0 Å². The van der Waals surface area contributed by atoms with Gasteiger partial charge in [-0.3, -0.25) is 4.79 Å². The van der Waals surface area contributed by atoms with Gasteiger partial charge in [0.15, 0.2) is 0 Å². The Morgan fingerprint density at radius 2 is 1.47 bits per heavy atom. The number of carbonyl (C=O) groups is 1. The van der Waals surface area contributed by atoms with Crippen molar-refractivity contribution in [1.29, 1.82) is 0 Å². The topological polar surface area (TPSA) is 55.8 Å². The smallest absolute Gasteiger partial charge is 0.311 e. The monoisotopic (exact) mass is 438 g/mol. The first-order valence-electron chi connectivity index (χ1n) is 11.3. The maximum atomic E-state index is 13.2. The van der Waals surface area contributed by atoms with Gasteiger partial charge in [-0.15, -0.1) is 0 Å². The zero-order valence-corrected chi connectivity index (χ0v) is 20.4. The SMILES string of the molecule is CCC(C)CC(CC(C)(CC(C)=C(O)OC)C(=O)OC)(c1ccccc1)c1ccccc1. The Morgan fingerprint density at radius 1 is 0.969 bits per heavy atom. The van der Waals surface area contributed by atoms with Crippen LogP contribution < -0.4 is 0 Å². The van der Waals surface area contributed by atoms with E-state index in [0.717, 1.165) is 12.8 Å². The molecule has 0 heterocycles. The summed E-state index contributed by atoms with van der Waals surface area (Å²) in [6, 6.07) is 20.9. The van der Waals surface area contributed by atoms with Crippen LogP contribution in [0.1, 0.15) is 64.5 Å². The molecule has 0 fully saturated rings. The highest BCUT2D eigenvalue weighted by atomic mass is 16.6. The number of hydrogen-bond acceptors (Lipinski definition) is 4. The molecule has 32 heavy (non-hydrogen) atoms. The van der Waals surface area contributed by atoms with Crippen LogP contribution in [0.4, 0.5) is 0 Å². The Labute approximate surface area is 193 Å². The Balaban J connectivity index is 2.74. The molecule has 0 aliphatic rings. The molecule has 0 spiro atoms. The van der Waals surface area contributed by atoms with E-state index < -0.39 is 10.8 Å². The second-order valence-corrected chi connectivity index (χ2v) is 9.23. The molecule has 0 saturated heterocycles. The minimum atomic E-state index is -0.871. The number of rotatable bonds is 11. The summed E-state index contributed by atoms with van der Waals surface area (Å²) in [5, 5.41) is 10.2. The van der Waals surface area contributed by atoms with Crippen molar-refractivity contribution >= 4 is 5.97 Å². The quantitative estimate of drug-likeness (QED) is 0.309. The zero-order chi connectivity index (χ0) is 23.8. The second-order valence-electron chi connectivity index (χ2n) is 9.23. The molecule has 2 unspecified atom stereocenters. The maximum Gasteiger partial charge on any atom is 0.311 e. The summed E-state index contributed by atoms with van der Waals surface area (Å²) in [5.74, 6) is 0.00884. The van der Waals surface area contributed by atoms with E-state index in [9.17, 15) is 9.90 Å². The van der Waals surface area contributed by atoms with Crippen LogP contribution in [0.5, 0.6) is 0 Å². The number of hydrogen-bond donors (Lipinski definition) is 1. The van der Waals surface area contributed by atoms with Crippen molar-refractivity contribution in [3.8, 4) is 0 Å². The van der Waals surface area contributed by atoms with Gasteiger partial charge in [0.05, 0.1) is 19.6 Å². The molecule has 0 radical (unpaired) electrons. The van der Waals surface area contributed by atoms with Crippen LogP contribution in [0.3, 0.4) is 0 Å². The van der Waals surface area contributed by atoms with Gasteiger partial charge in [-0.2, -0.15) is 0 Å². The van der Waals surface area contributed by atoms with Gasteiger partial charge in [-0.25, -0.2) is 0 Å². The largest absolute Gasteiger partial charge is 0.481 e. The number of aliphatic hydroxyl groups is 1. The molecule has 4 heteroatoms. The maximum absolute atomic E-state index is 13.2. The summed E-state index contributed by atoms with van der Waals surface area (Å²) in [5.41, 5.74) is 1.71. The lowest BCUT2D eigenvalue weighted by molar-refractivity contribution is -0.153. The molecule has 2 rings (SSSR count). The van der Waals surface area contributed by atoms with E-state index in [1.54, 1.807) is 6.92 Å². The van der Waals surface area contributed by atoms with Crippen molar-refractivity contribution in [2.45, 2.75) is 58.8 Å². The summed E-state index contributed by atoms with van der Waals surface area (Å²) >= 11 is 0. The number of carbonyl (C=O) groups excluding carboxylic acids is 1. The van der Waals surface area contributed by atoms with Crippen molar-refractivity contribution in [1.82, 2.24) is 0 Å². The van der Waals surface area contributed by atoms with Crippen LogP contribution in [-0.4, -0.2) is 25.3 Å². The third kappa shape index (κ3) is 5.73. The standard InChI is InChI=1S/C28H38O4/c1-7-21(2)18-28(23-14-10-8-11-15-23,24-16-12-9-13-17-24)20-27(4,26(30)32-6)19-22(3)25(29)31-5/h8-17,21,29H,7,18-20H2,1-6H3. The van der Waals surface area contributed by atoms with Crippen LogP contribution >= 0.6 is 0 Å². The van der Waals surface area contributed by atoms with Gasteiger partial charge in [0.25, 0.3) is 5.95 Å². The average Bonchev–Trinajstić information content (AvgIpc) is 2.83. The van der Waals surface area contributed by atoms with E-state index in [1.165, 1.54) is 25.3 Å². The van der Waals surface area contributed by atoms with E-state index in [2.05, 4.69) is 62.4 Å². The molecular weight excluding hydrogens is 400 g/mol. The fraction of sp³-hybridized carbons (Fsp3) is 0.464. The number of ether oxygens (including phenoxy) is 2. The lowest BCUT2D eigenvalue weighted by Crippen LogP contribution is -2.41. The van der Waals surface area contributed by atoms with Crippen LogP contribution in [0.15, 0.2) is 72.2 Å². The van der Waals surface area contributed by atoms with Crippen molar-refractivity contribution < 1.29 is 19.4 Å². The Morgan fingerprint density at radius 3 is 1.88 bits per heavy atom. The Hall–Kier alpha value is -2.75. The molecule has 174 valence electrons.